The van der Waals surface area contributed by atoms with Gasteiger partial charge in [-0.1, -0.05) is 45.0 Å². The van der Waals surface area contributed by atoms with E-state index in [1.807, 2.05) is 20.8 Å². The first-order chi connectivity index (χ1) is 16.5. The van der Waals surface area contributed by atoms with Crippen LogP contribution in [-0.2, 0) is 24.2 Å². The van der Waals surface area contributed by atoms with E-state index in [9.17, 15) is 14.9 Å². The summed E-state index contributed by atoms with van der Waals surface area (Å²) < 4.78 is 1.62. The number of thioether (sulfide) groups is 2. The standard InChI is InChI=1S/C23H26N4O2S3.C2H6/c1-3-10-27-22(29)19-15-8-6-9-17(15)32-21(19)26-23(27)31-13-18(28)25-20-16(12-24)14(2)7-4-5-11-30-20;1-2/h3,14H,1,4-11,13H2,2H3,(H,25,28);1-2H3/b20-16-;. The minimum absolute atomic E-state index is 0.0453. The highest BCUT2D eigenvalue weighted by Gasteiger charge is 2.24. The molecule has 34 heavy (non-hydrogen) atoms. The summed E-state index contributed by atoms with van der Waals surface area (Å²) in [4.78, 5) is 32.8. The minimum Gasteiger partial charge on any atom is -0.319 e. The van der Waals surface area contributed by atoms with Crippen molar-refractivity contribution in [1.82, 2.24) is 14.9 Å². The summed E-state index contributed by atoms with van der Waals surface area (Å²) in [6.07, 6.45) is 7.84. The van der Waals surface area contributed by atoms with E-state index in [0.717, 1.165) is 60.1 Å². The number of allylic oxidation sites excluding steroid dienone is 2. The second-order valence-corrected chi connectivity index (χ2v) is 11.2. The molecule has 9 heteroatoms. The molecule has 4 rings (SSSR count). The molecule has 0 saturated carbocycles. The maximum absolute atomic E-state index is 13.2. The first kappa shape index (κ1) is 26.6. The molecule has 0 saturated heterocycles. The van der Waals surface area contributed by atoms with Crippen LogP contribution < -0.4 is 10.9 Å². The molecule has 0 aromatic carbocycles. The number of aromatic nitrogens is 2. The van der Waals surface area contributed by atoms with Gasteiger partial charge in [0.2, 0.25) is 5.91 Å². The summed E-state index contributed by atoms with van der Waals surface area (Å²) in [5, 5.41) is 14.5. The van der Waals surface area contributed by atoms with Crippen molar-refractivity contribution in [2.45, 2.75) is 71.0 Å². The van der Waals surface area contributed by atoms with Crippen molar-refractivity contribution < 1.29 is 4.79 Å². The highest BCUT2D eigenvalue weighted by atomic mass is 32.2. The molecule has 3 heterocycles. The molecule has 0 fully saturated rings. The quantitative estimate of drug-likeness (QED) is 0.303. The molecular formula is C25H32N4O2S3. The van der Waals surface area contributed by atoms with Gasteiger partial charge in [-0.3, -0.25) is 14.2 Å². The van der Waals surface area contributed by atoms with E-state index in [4.69, 9.17) is 4.98 Å². The molecule has 2 aromatic heterocycles. The zero-order valence-corrected chi connectivity index (χ0v) is 22.6. The van der Waals surface area contributed by atoms with Crippen LogP contribution in [0.5, 0.6) is 0 Å². The highest BCUT2D eigenvalue weighted by molar-refractivity contribution is 8.03. The molecule has 2 aliphatic rings. The van der Waals surface area contributed by atoms with Gasteiger partial charge in [0, 0.05) is 11.4 Å². The Balaban J connectivity index is 0.00000158. The van der Waals surface area contributed by atoms with Crippen LogP contribution in [0, 0.1) is 17.2 Å². The third-order valence-corrected chi connectivity index (χ3v) is 9.09. The van der Waals surface area contributed by atoms with Gasteiger partial charge in [-0.05, 0) is 49.3 Å². The second kappa shape index (κ2) is 12.6. The lowest BCUT2D eigenvalue weighted by molar-refractivity contribution is -0.117. The predicted octanol–water partition coefficient (Wildman–Crippen LogP) is 5.66. The molecule has 1 aliphatic carbocycles. The Hall–Kier alpha value is -2.02. The fourth-order valence-electron chi connectivity index (χ4n) is 4.19. The van der Waals surface area contributed by atoms with Crippen LogP contribution in [0.2, 0.25) is 0 Å². The van der Waals surface area contributed by atoms with Gasteiger partial charge in [0.1, 0.15) is 4.83 Å². The van der Waals surface area contributed by atoms with Gasteiger partial charge < -0.3 is 5.32 Å². The lowest BCUT2D eigenvalue weighted by Gasteiger charge is -2.19. The number of carbonyl (C=O) groups excluding carboxylic acids is 1. The number of aryl methyl sites for hydroxylation is 2. The number of hydrogen-bond donors (Lipinski definition) is 1. The van der Waals surface area contributed by atoms with Gasteiger partial charge in [0.15, 0.2) is 5.16 Å². The summed E-state index contributed by atoms with van der Waals surface area (Å²) in [7, 11) is 0. The number of amides is 1. The fourth-order valence-corrected chi connectivity index (χ4v) is 7.44. The van der Waals surface area contributed by atoms with E-state index in [1.165, 1.54) is 16.6 Å². The van der Waals surface area contributed by atoms with Crippen LogP contribution in [0.15, 0.2) is 33.2 Å². The van der Waals surface area contributed by atoms with Gasteiger partial charge >= 0.3 is 0 Å². The molecule has 1 aliphatic heterocycles. The Kier molecular flexibility index (Phi) is 9.86. The SMILES string of the molecule is C=CCn1c(SCC(=O)N/C2=C(\C#N)C(C)CCCCS2)nc2sc3c(c2c1=O)CCC3.CC. The third kappa shape index (κ3) is 5.78. The summed E-state index contributed by atoms with van der Waals surface area (Å²) in [5.74, 6) is 0.961. The molecule has 0 bridgehead atoms. The Labute approximate surface area is 213 Å². The number of nitrogens with one attached hydrogen (secondary N) is 1. The highest BCUT2D eigenvalue weighted by Crippen LogP contribution is 2.35. The zero-order chi connectivity index (χ0) is 24.7. The Morgan fingerprint density at radius 1 is 1.35 bits per heavy atom. The Bertz CT molecular complexity index is 1190. The number of nitrogens with zero attached hydrogens (tertiary/aromatic N) is 3. The van der Waals surface area contributed by atoms with E-state index in [2.05, 4.69) is 18.0 Å². The van der Waals surface area contributed by atoms with Crippen LogP contribution in [0.25, 0.3) is 10.2 Å². The van der Waals surface area contributed by atoms with Crippen LogP contribution in [-0.4, -0.2) is 27.0 Å². The summed E-state index contributed by atoms with van der Waals surface area (Å²) in [6, 6.07) is 2.29. The number of fused-ring (bicyclic) bond motifs is 3. The van der Waals surface area contributed by atoms with Gasteiger partial charge in [0.25, 0.3) is 5.56 Å². The van der Waals surface area contributed by atoms with E-state index < -0.39 is 0 Å². The van der Waals surface area contributed by atoms with E-state index in [0.29, 0.717) is 22.3 Å². The lowest BCUT2D eigenvalue weighted by atomic mass is 9.96. The molecule has 2 aromatic rings. The van der Waals surface area contributed by atoms with E-state index in [-0.39, 0.29) is 23.1 Å². The number of thiophene rings is 1. The fraction of sp³-hybridized carbons (Fsp3) is 0.520. The lowest BCUT2D eigenvalue weighted by Crippen LogP contribution is -2.27. The average Bonchev–Trinajstić information content (AvgIpc) is 3.41. The normalized spacial score (nSPS) is 19.9. The monoisotopic (exact) mass is 516 g/mol. The van der Waals surface area contributed by atoms with Crippen molar-refractivity contribution in [3.05, 3.63) is 44.1 Å². The molecule has 1 N–H and O–H groups in total. The topological polar surface area (TPSA) is 87.8 Å². The molecule has 182 valence electrons. The first-order valence-corrected chi connectivity index (χ1v) is 14.7. The van der Waals surface area contributed by atoms with Gasteiger partial charge in [-0.25, -0.2) is 4.98 Å². The number of carbonyl (C=O) groups is 1. The molecule has 6 nitrogen and oxygen atoms in total. The third-order valence-electron chi connectivity index (χ3n) is 5.82. The van der Waals surface area contributed by atoms with Crippen molar-refractivity contribution in [3.8, 4) is 6.07 Å². The van der Waals surface area contributed by atoms with Crippen molar-refractivity contribution in [2.24, 2.45) is 5.92 Å². The maximum Gasteiger partial charge on any atom is 0.263 e. The minimum atomic E-state index is -0.189. The predicted molar refractivity (Wildman–Crippen MR) is 144 cm³/mol. The molecular weight excluding hydrogens is 485 g/mol. The average molecular weight is 517 g/mol. The van der Waals surface area contributed by atoms with Gasteiger partial charge in [-0.15, -0.1) is 29.7 Å². The number of rotatable bonds is 6. The van der Waals surface area contributed by atoms with Crippen LogP contribution in [0.3, 0.4) is 0 Å². The van der Waals surface area contributed by atoms with Crippen molar-refractivity contribution in [1.29, 1.82) is 5.26 Å². The van der Waals surface area contributed by atoms with Crippen molar-refractivity contribution in [3.63, 3.8) is 0 Å². The molecule has 0 radical (unpaired) electrons. The van der Waals surface area contributed by atoms with E-state index >= 15 is 0 Å². The smallest absolute Gasteiger partial charge is 0.263 e. The summed E-state index contributed by atoms with van der Waals surface area (Å²) in [5.41, 5.74) is 1.77. The van der Waals surface area contributed by atoms with Crippen LogP contribution >= 0.6 is 34.9 Å². The maximum atomic E-state index is 13.2. The molecule has 0 spiro atoms. The molecule has 1 atom stereocenters. The molecule has 1 amide bonds. The van der Waals surface area contributed by atoms with Crippen molar-refractivity contribution in [2.75, 3.05) is 11.5 Å². The first-order valence-electron chi connectivity index (χ1n) is 11.9. The van der Waals surface area contributed by atoms with Crippen LogP contribution in [0.1, 0.15) is 56.9 Å². The van der Waals surface area contributed by atoms with Gasteiger partial charge in [0.05, 0.1) is 27.8 Å². The summed E-state index contributed by atoms with van der Waals surface area (Å²) >= 11 is 4.40. The Morgan fingerprint density at radius 2 is 2.15 bits per heavy atom. The van der Waals surface area contributed by atoms with E-state index in [1.54, 1.807) is 33.7 Å². The number of nitriles is 1. The largest absolute Gasteiger partial charge is 0.319 e. The van der Waals surface area contributed by atoms with Crippen molar-refractivity contribution >= 4 is 51.0 Å². The molecule has 1 unspecified atom stereocenters. The van der Waals surface area contributed by atoms with Gasteiger partial charge in [-0.2, -0.15) is 5.26 Å². The summed E-state index contributed by atoms with van der Waals surface area (Å²) in [6.45, 7) is 10.2. The number of hydrogen-bond acceptors (Lipinski definition) is 7. The zero-order valence-electron chi connectivity index (χ0n) is 20.1. The Morgan fingerprint density at radius 3 is 2.88 bits per heavy atom. The van der Waals surface area contributed by atoms with Crippen LogP contribution in [0.4, 0.5) is 0 Å². The second-order valence-electron chi connectivity index (χ2n) is 8.07.